The average molecular weight is 220 g/mol. The molecule has 0 saturated heterocycles. The maximum absolute atomic E-state index is 10.6. The Kier molecular flexibility index (Phi) is 2.91. The first kappa shape index (κ1) is 11.7. The Bertz CT molecular complexity index is 549. The van der Waals surface area contributed by atoms with Gasteiger partial charge in [-0.15, -0.1) is 0 Å². The van der Waals surface area contributed by atoms with Gasteiger partial charge in [0.05, 0.1) is 4.92 Å². The Morgan fingerprint density at radius 1 is 1.38 bits per heavy atom. The molecule has 2 N–H and O–H groups in total. The minimum absolute atomic E-state index is 0. The van der Waals surface area contributed by atoms with Gasteiger partial charge in [0.15, 0.2) is 0 Å². The maximum atomic E-state index is 10.6. The molecular weight excluding hydrogens is 214 g/mol. The molecule has 0 aliphatic carbocycles. The maximum Gasteiger partial charge on any atom is 0.352 e. The van der Waals surface area contributed by atoms with Crippen molar-refractivity contribution in [1.82, 2.24) is 11.1 Å². The predicted octanol–water partition coefficient (Wildman–Crippen LogP) is 1.29. The van der Waals surface area contributed by atoms with Crippen molar-refractivity contribution in [2.45, 2.75) is 0 Å². The molecule has 0 aliphatic heterocycles. The van der Waals surface area contributed by atoms with E-state index in [0.29, 0.717) is 10.9 Å². The second kappa shape index (κ2) is 3.99. The number of nitro groups is 1. The van der Waals surface area contributed by atoms with Crippen molar-refractivity contribution in [3.05, 3.63) is 40.1 Å². The summed E-state index contributed by atoms with van der Waals surface area (Å²) >= 11 is 0. The summed E-state index contributed by atoms with van der Waals surface area (Å²) in [5, 5.41) is 19.7. The minimum Gasteiger partial charge on any atom is -0.477 e. The average Bonchev–Trinajstić information content (AvgIpc) is 2.59. The number of hydrogen-bond acceptors (Lipinski definition) is 3. The fourth-order valence-electron chi connectivity index (χ4n) is 1.35. The van der Waals surface area contributed by atoms with Crippen LogP contribution in [0.1, 0.15) is 10.5 Å². The molecule has 1 aromatic heterocycles. The summed E-state index contributed by atoms with van der Waals surface area (Å²) in [6.07, 6.45) is 0. The van der Waals surface area contributed by atoms with Crippen LogP contribution in [0.2, 0.25) is 0 Å². The molecule has 0 unspecified atom stereocenters. The smallest absolute Gasteiger partial charge is 0.352 e. The molecule has 1 aromatic carbocycles. The number of nitrogens with one attached hydrogen (secondary N) is 1. The number of aromatic amines is 1. The Balaban J connectivity index is 0.00000128. The normalized spacial score (nSPS) is 9.75. The summed E-state index contributed by atoms with van der Waals surface area (Å²) in [5.74, 6) is -1.09. The molecule has 1 heterocycles. The number of fused-ring (bicyclic) bond motifs is 1. The van der Waals surface area contributed by atoms with Gasteiger partial charge in [0.2, 0.25) is 0 Å². The molecule has 0 aliphatic rings. The number of carboxylic acid groups (broad SMARTS) is 1. The summed E-state index contributed by atoms with van der Waals surface area (Å²) in [6, 6.07) is 5.51. The fourth-order valence-corrected chi connectivity index (χ4v) is 1.35. The third-order valence-corrected chi connectivity index (χ3v) is 2.05. The third kappa shape index (κ3) is 1.84. The molecule has 7 heteroatoms. The van der Waals surface area contributed by atoms with Crippen molar-refractivity contribution in [3.63, 3.8) is 0 Å². The lowest BCUT2D eigenvalue weighted by Gasteiger charge is -1.90. The van der Waals surface area contributed by atoms with Gasteiger partial charge in [0, 0.05) is 29.2 Å². The first-order valence-corrected chi connectivity index (χ1v) is 4.08. The summed E-state index contributed by atoms with van der Waals surface area (Å²) in [6.45, 7) is 0. The number of aromatic nitrogens is 1. The number of rotatable bonds is 2. The molecule has 0 fully saturated rings. The number of carbonyl (C=O) groups is 1. The molecule has 0 atom stereocenters. The van der Waals surface area contributed by atoms with E-state index in [9.17, 15) is 14.9 Å². The van der Waals surface area contributed by atoms with Crippen molar-refractivity contribution in [1.29, 1.82) is 0 Å². The van der Waals surface area contributed by atoms with Crippen LogP contribution in [0.5, 0.6) is 0 Å². The zero-order valence-corrected chi connectivity index (χ0v) is 7.88. The van der Waals surface area contributed by atoms with E-state index in [0.717, 1.165) is 0 Å². The van der Waals surface area contributed by atoms with E-state index in [1.165, 1.54) is 24.3 Å². The molecule has 0 amide bonds. The zero-order chi connectivity index (χ0) is 11.0. The van der Waals surface area contributed by atoms with Gasteiger partial charge in [-0.3, -0.25) is 10.1 Å². The van der Waals surface area contributed by atoms with Crippen LogP contribution in [0, 0.1) is 10.1 Å². The lowest BCUT2D eigenvalue weighted by atomic mass is 10.2. The summed E-state index contributed by atoms with van der Waals surface area (Å²) in [4.78, 5) is 23.2. The number of non-ortho nitro benzene ring substituents is 1. The van der Waals surface area contributed by atoms with E-state index in [4.69, 9.17) is 5.11 Å². The second-order valence-electron chi connectivity index (χ2n) is 3.02. The largest absolute Gasteiger partial charge is 0.477 e. The van der Waals surface area contributed by atoms with Gasteiger partial charge in [-0.25, -0.2) is 4.79 Å². The third-order valence-electron chi connectivity index (χ3n) is 2.05. The van der Waals surface area contributed by atoms with Crippen molar-refractivity contribution in [2.24, 2.45) is 0 Å². The summed E-state index contributed by atoms with van der Waals surface area (Å²) in [7, 11) is 0. The Labute approximate surface area is 89.4 Å². The van der Waals surface area contributed by atoms with E-state index >= 15 is 0 Å². The monoisotopic (exact) mass is 220 g/mol. The molecule has 3 radical (unpaired) electrons. The molecule has 2 aromatic rings. The van der Waals surface area contributed by atoms with Crippen LogP contribution in [0.15, 0.2) is 24.3 Å². The van der Waals surface area contributed by atoms with Crippen LogP contribution in [0.4, 0.5) is 5.69 Å². The number of carboxylic acids is 1. The molecule has 0 saturated carbocycles. The van der Waals surface area contributed by atoms with E-state index in [1.807, 2.05) is 0 Å². The van der Waals surface area contributed by atoms with Gasteiger partial charge >= 0.3 is 5.97 Å². The highest BCUT2D eigenvalue weighted by molar-refractivity contribution is 5.94. The van der Waals surface area contributed by atoms with Crippen molar-refractivity contribution in [3.8, 4) is 0 Å². The van der Waals surface area contributed by atoms with Crippen LogP contribution in [-0.4, -0.2) is 21.0 Å². The topological polar surface area (TPSA) is 127 Å². The number of nitro benzene ring substituents is 1. The Morgan fingerprint density at radius 2 is 2.06 bits per heavy atom. The van der Waals surface area contributed by atoms with Gasteiger partial charge in [-0.1, -0.05) is 0 Å². The van der Waals surface area contributed by atoms with Crippen molar-refractivity contribution in [2.75, 3.05) is 0 Å². The number of hydrogen-bond donors (Lipinski definition) is 2. The number of H-pyrrole nitrogens is 1. The summed E-state index contributed by atoms with van der Waals surface area (Å²) in [5.41, 5.74) is 0.530. The first-order chi connectivity index (χ1) is 7.08. The molecule has 0 spiro atoms. The molecule has 16 heavy (non-hydrogen) atoms. The molecule has 81 valence electrons. The Morgan fingerprint density at radius 3 is 2.62 bits per heavy atom. The molecule has 2 rings (SSSR count). The van der Waals surface area contributed by atoms with Crippen LogP contribution < -0.4 is 6.15 Å². The van der Waals surface area contributed by atoms with Crippen LogP contribution >= 0.6 is 0 Å². The highest BCUT2D eigenvalue weighted by Crippen LogP contribution is 2.21. The van der Waals surface area contributed by atoms with Gasteiger partial charge in [0.25, 0.3) is 5.69 Å². The quantitative estimate of drug-likeness (QED) is 0.583. The highest BCUT2D eigenvalue weighted by Gasteiger charge is 2.11. The lowest BCUT2D eigenvalue weighted by Crippen LogP contribution is -1.94. The molecule has 0 bridgehead atoms. The second-order valence-corrected chi connectivity index (χ2v) is 3.02. The lowest BCUT2D eigenvalue weighted by molar-refractivity contribution is -0.384. The number of benzene rings is 1. The van der Waals surface area contributed by atoms with Crippen molar-refractivity contribution < 1.29 is 14.8 Å². The number of nitrogens with zero attached hydrogens (tertiary/aromatic N) is 2. The minimum atomic E-state index is -1.09. The first-order valence-electron chi connectivity index (χ1n) is 4.08. The van der Waals surface area contributed by atoms with Gasteiger partial charge in [-0.2, -0.15) is 0 Å². The fraction of sp³-hybridized carbons (Fsp3) is 0. The van der Waals surface area contributed by atoms with Crippen LogP contribution in [-0.2, 0) is 0 Å². The zero-order valence-electron chi connectivity index (χ0n) is 7.88. The molecular formula is C9H6N3O4. The molecule has 7 nitrogen and oxygen atoms in total. The van der Waals surface area contributed by atoms with E-state index < -0.39 is 10.9 Å². The van der Waals surface area contributed by atoms with E-state index in [2.05, 4.69) is 4.98 Å². The highest BCUT2D eigenvalue weighted by atomic mass is 16.6. The Hall–Kier alpha value is -2.41. The van der Waals surface area contributed by atoms with Gasteiger partial charge in [0.1, 0.15) is 5.69 Å². The number of aromatic carboxylic acids is 1. The van der Waals surface area contributed by atoms with E-state index in [-0.39, 0.29) is 17.5 Å². The van der Waals surface area contributed by atoms with Gasteiger partial charge < -0.3 is 10.1 Å². The van der Waals surface area contributed by atoms with Crippen molar-refractivity contribution >= 4 is 22.6 Å². The summed E-state index contributed by atoms with van der Waals surface area (Å²) < 4.78 is 0. The predicted molar refractivity (Wildman–Crippen MR) is 54.0 cm³/mol. The SMILES string of the molecule is O=C(O)c1cc2cc([N+](=O)[O-])ccc2[nH]1.[N]. The van der Waals surface area contributed by atoms with Crippen LogP contribution in [0.25, 0.3) is 10.9 Å². The standard InChI is InChI=1S/C9H6N2O4.N/c12-9(13)8-4-5-3-6(11(14)15)1-2-7(5)10-8;/h1-4,10H,(H,12,13);. The van der Waals surface area contributed by atoms with Gasteiger partial charge in [-0.05, 0) is 12.1 Å². The van der Waals surface area contributed by atoms with E-state index in [1.54, 1.807) is 0 Å². The van der Waals surface area contributed by atoms with Crippen LogP contribution in [0.3, 0.4) is 0 Å².